The fraction of sp³-hybridized carbons (Fsp3) is 0.571. The summed E-state index contributed by atoms with van der Waals surface area (Å²) in [5.74, 6) is 0.868. The van der Waals surface area contributed by atoms with Gasteiger partial charge in [0.1, 0.15) is 5.75 Å². The van der Waals surface area contributed by atoms with Crippen molar-refractivity contribution in [3.8, 4) is 5.75 Å². The molecule has 0 aliphatic carbocycles. The van der Waals surface area contributed by atoms with Crippen LogP contribution in [0.2, 0.25) is 5.02 Å². The Morgan fingerprint density at radius 2 is 1.94 bits per heavy atom. The molecule has 0 heterocycles. The van der Waals surface area contributed by atoms with Gasteiger partial charge in [0.15, 0.2) is 0 Å². The second kappa shape index (κ2) is 8.37. The molecule has 17 heavy (non-hydrogen) atoms. The van der Waals surface area contributed by atoms with Crippen molar-refractivity contribution in [3.63, 3.8) is 0 Å². The number of ether oxygens (including phenoxy) is 1. The molecule has 0 fully saturated rings. The van der Waals surface area contributed by atoms with Crippen LogP contribution in [-0.2, 0) is 6.54 Å². The van der Waals surface area contributed by atoms with Crippen LogP contribution in [-0.4, -0.2) is 6.61 Å². The molecule has 0 aliphatic heterocycles. The summed E-state index contributed by atoms with van der Waals surface area (Å²) in [5, 5.41) is 0.709. The van der Waals surface area contributed by atoms with Crippen LogP contribution in [0.15, 0.2) is 18.2 Å². The van der Waals surface area contributed by atoms with E-state index in [-0.39, 0.29) is 0 Å². The third-order valence-electron chi connectivity index (χ3n) is 2.75. The van der Waals surface area contributed by atoms with E-state index in [2.05, 4.69) is 6.92 Å². The molecule has 0 radical (unpaired) electrons. The third kappa shape index (κ3) is 5.42. The van der Waals surface area contributed by atoms with E-state index in [4.69, 9.17) is 22.1 Å². The molecule has 0 atom stereocenters. The highest BCUT2D eigenvalue weighted by atomic mass is 35.5. The number of hydrogen-bond donors (Lipinski definition) is 1. The summed E-state index contributed by atoms with van der Waals surface area (Å²) in [7, 11) is 0. The Morgan fingerprint density at radius 1 is 1.18 bits per heavy atom. The quantitative estimate of drug-likeness (QED) is 0.709. The molecule has 0 amide bonds. The maximum atomic E-state index is 5.90. The van der Waals surface area contributed by atoms with Crippen LogP contribution in [0.5, 0.6) is 5.75 Å². The average Bonchev–Trinajstić information content (AvgIpc) is 2.35. The van der Waals surface area contributed by atoms with Crippen molar-refractivity contribution in [2.24, 2.45) is 5.73 Å². The van der Waals surface area contributed by atoms with Gasteiger partial charge in [0.25, 0.3) is 0 Å². The second-order valence-electron chi connectivity index (χ2n) is 4.22. The number of benzene rings is 1. The van der Waals surface area contributed by atoms with E-state index in [1.54, 1.807) is 0 Å². The maximum absolute atomic E-state index is 5.90. The second-order valence-corrected chi connectivity index (χ2v) is 4.66. The molecule has 0 saturated heterocycles. The predicted octanol–water partition coefficient (Wildman–Crippen LogP) is 4.15. The summed E-state index contributed by atoms with van der Waals surface area (Å²) in [5.41, 5.74) is 6.63. The van der Waals surface area contributed by atoms with E-state index < -0.39 is 0 Å². The number of rotatable bonds is 8. The third-order valence-corrected chi connectivity index (χ3v) is 2.98. The first-order chi connectivity index (χ1) is 8.27. The van der Waals surface area contributed by atoms with Crippen molar-refractivity contribution in [3.05, 3.63) is 28.8 Å². The topological polar surface area (TPSA) is 35.2 Å². The lowest BCUT2D eigenvalue weighted by Crippen LogP contribution is -2.03. The van der Waals surface area contributed by atoms with Crippen molar-refractivity contribution in [1.29, 1.82) is 0 Å². The minimum absolute atomic E-state index is 0.464. The summed E-state index contributed by atoms with van der Waals surface area (Å²) in [4.78, 5) is 0. The minimum Gasteiger partial charge on any atom is -0.493 e. The van der Waals surface area contributed by atoms with Crippen molar-refractivity contribution in [1.82, 2.24) is 0 Å². The number of unbranched alkanes of at least 4 members (excludes halogenated alkanes) is 4. The molecule has 0 saturated carbocycles. The number of nitrogens with two attached hydrogens (primary N) is 1. The first kappa shape index (κ1) is 14.3. The van der Waals surface area contributed by atoms with E-state index in [1.165, 1.54) is 25.7 Å². The van der Waals surface area contributed by atoms with Crippen LogP contribution in [0.4, 0.5) is 0 Å². The Bertz CT molecular complexity index is 328. The van der Waals surface area contributed by atoms with Crippen molar-refractivity contribution >= 4 is 11.6 Å². The van der Waals surface area contributed by atoms with Gasteiger partial charge in [-0.1, -0.05) is 44.2 Å². The van der Waals surface area contributed by atoms with Gasteiger partial charge in [-0.2, -0.15) is 0 Å². The summed E-state index contributed by atoms with van der Waals surface area (Å²) in [6.45, 7) is 3.45. The standard InChI is InChI=1S/C14H22ClNO/c1-2-3-4-5-6-9-17-14-8-7-13(15)10-12(14)11-16/h7-8,10H,2-6,9,11,16H2,1H3. The van der Waals surface area contributed by atoms with E-state index in [1.807, 2.05) is 18.2 Å². The summed E-state index contributed by atoms with van der Waals surface area (Å²) < 4.78 is 5.72. The highest BCUT2D eigenvalue weighted by molar-refractivity contribution is 6.30. The molecule has 1 aromatic rings. The zero-order chi connectivity index (χ0) is 12.5. The Balaban J connectivity index is 2.31. The highest BCUT2D eigenvalue weighted by Crippen LogP contribution is 2.22. The zero-order valence-corrected chi connectivity index (χ0v) is 11.3. The predicted molar refractivity (Wildman–Crippen MR) is 73.6 cm³/mol. The smallest absolute Gasteiger partial charge is 0.123 e. The van der Waals surface area contributed by atoms with Crippen LogP contribution < -0.4 is 10.5 Å². The fourth-order valence-electron chi connectivity index (χ4n) is 1.74. The molecule has 0 spiro atoms. The molecule has 0 unspecified atom stereocenters. The minimum atomic E-state index is 0.464. The molecule has 2 N–H and O–H groups in total. The molecule has 0 aromatic heterocycles. The summed E-state index contributed by atoms with van der Waals surface area (Å²) >= 11 is 5.90. The lowest BCUT2D eigenvalue weighted by atomic mass is 10.1. The average molecular weight is 256 g/mol. The largest absolute Gasteiger partial charge is 0.493 e. The van der Waals surface area contributed by atoms with Gasteiger partial charge in [0.2, 0.25) is 0 Å². The van der Waals surface area contributed by atoms with Gasteiger partial charge < -0.3 is 10.5 Å². The Kier molecular flexibility index (Phi) is 7.06. The van der Waals surface area contributed by atoms with Crippen molar-refractivity contribution in [2.75, 3.05) is 6.61 Å². The molecule has 96 valence electrons. The molecule has 0 bridgehead atoms. The molecule has 1 rings (SSSR count). The first-order valence-electron chi connectivity index (χ1n) is 6.39. The number of hydrogen-bond acceptors (Lipinski definition) is 2. The van der Waals surface area contributed by atoms with Gasteiger partial charge in [-0.25, -0.2) is 0 Å². The van der Waals surface area contributed by atoms with Gasteiger partial charge in [0.05, 0.1) is 6.61 Å². The SMILES string of the molecule is CCCCCCCOc1ccc(Cl)cc1CN. The Labute approximate surface area is 109 Å². The molecule has 3 heteroatoms. The van der Waals surface area contributed by atoms with Crippen LogP contribution in [0, 0.1) is 0 Å². The maximum Gasteiger partial charge on any atom is 0.123 e. The molecule has 0 aliphatic rings. The monoisotopic (exact) mass is 255 g/mol. The van der Waals surface area contributed by atoms with Crippen molar-refractivity contribution < 1.29 is 4.74 Å². The van der Waals surface area contributed by atoms with Gasteiger partial charge in [-0.3, -0.25) is 0 Å². The van der Waals surface area contributed by atoms with Crippen LogP contribution in [0.3, 0.4) is 0 Å². The lowest BCUT2D eigenvalue weighted by Gasteiger charge is -2.10. The van der Waals surface area contributed by atoms with Crippen molar-refractivity contribution in [2.45, 2.75) is 45.6 Å². The first-order valence-corrected chi connectivity index (χ1v) is 6.77. The van der Waals surface area contributed by atoms with E-state index in [0.717, 1.165) is 24.3 Å². The molecular formula is C14H22ClNO. The number of halogens is 1. The zero-order valence-electron chi connectivity index (χ0n) is 10.5. The molecule has 1 aromatic carbocycles. The molecule has 2 nitrogen and oxygen atoms in total. The van der Waals surface area contributed by atoms with Gasteiger partial charge in [0, 0.05) is 17.1 Å². The highest BCUT2D eigenvalue weighted by Gasteiger charge is 2.02. The molecular weight excluding hydrogens is 234 g/mol. The van der Waals surface area contributed by atoms with Gasteiger partial charge in [-0.15, -0.1) is 0 Å². The van der Waals surface area contributed by atoms with Crippen LogP contribution in [0.1, 0.15) is 44.6 Å². The van der Waals surface area contributed by atoms with E-state index in [0.29, 0.717) is 11.6 Å². The summed E-state index contributed by atoms with van der Waals surface area (Å²) in [6.07, 6.45) is 6.22. The summed E-state index contributed by atoms with van der Waals surface area (Å²) in [6, 6.07) is 5.61. The van der Waals surface area contributed by atoms with E-state index in [9.17, 15) is 0 Å². The Morgan fingerprint density at radius 3 is 2.65 bits per heavy atom. The van der Waals surface area contributed by atoms with Gasteiger partial charge in [-0.05, 0) is 24.6 Å². The van der Waals surface area contributed by atoms with Crippen LogP contribution in [0.25, 0.3) is 0 Å². The van der Waals surface area contributed by atoms with Gasteiger partial charge >= 0.3 is 0 Å². The normalized spacial score (nSPS) is 10.5. The lowest BCUT2D eigenvalue weighted by molar-refractivity contribution is 0.301. The fourth-order valence-corrected chi connectivity index (χ4v) is 1.93. The Hall–Kier alpha value is -0.730. The van der Waals surface area contributed by atoms with Crippen LogP contribution >= 0.6 is 11.6 Å². The van der Waals surface area contributed by atoms with E-state index >= 15 is 0 Å².